The predicted octanol–water partition coefficient (Wildman–Crippen LogP) is 2.96. The van der Waals surface area contributed by atoms with Crippen molar-refractivity contribution in [3.05, 3.63) is 66.1 Å². The van der Waals surface area contributed by atoms with Gasteiger partial charge in [0.15, 0.2) is 0 Å². The summed E-state index contributed by atoms with van der Waals surface area (Å²) in [5.41, 5.74) is 5.04. The minimum atomic E-state index is 0.965. The number of piperazine rings is 1. The van der Waals surface area contributed by atoms with Crippen molar-refractivity contribution >= 4 is 11.3 Å². The third kappa shape index (κ3) is 2.82. The van der Waals surface area contributed by atoms with Crippen molar-refractivity contribution in [2.75, 3.05) is 31.1 Å². The molecule has 0 saturated carbocycles. The zero-order valence-electron chi connectivity index (χ0n) is 13.5. The van der Waals surface area contributed by atoms with E-state index in [9.17, 15) is 0 Å². The van der Waals surface area contributed by atoms with Crippen LogP contribution in [-0.2, 0) is 6.54 Å². The topological polar surface area (TPSA) is 23.8 Å². The Morgan fingerprint density at radius 1 is 0.957 bits per heavy atom. The number of benzene rings is 1. The van der Waals surface area contributed by atoms with Crippen molar-refractivity contribution < 1.29 is 0 Å². The fourth-order valence-electron chi connectivity index (χ4n) is 3.40. The van der Waals surface area contributed by atoms with E-state index in [0.29, 0.717) is 0 Å². The maximum absolute atomic E-state index is 4.48. The second kappa shape index (κ2) is 6.05. The zero-order chi connectivity index (χ0) is 15.6. The molecular weight excluding hydrogens is 284 g/mol. The molecule has 0 aliphatic carbocycles. The molecule has 1 aliphatic heterocycles. The molecule has 1 saturated heterocycles. The second-order valence-corrected chi connectivity index (χ2v) is 6.23. The molecular formula is C19H22N4. The number of aryl methyl sites for hydroxylation is 1. The van der Waals surface area contributed by atoms with Crippen LogP contribution in [0.1, 0.15) is 11.3 Å². The van der Waals surface area contributed by atoms with Crippen LogP contribution in [0.5, 0.6) is 0 Å². The van der Waals surface area contributed by atoms with E-state index in [2.05, 4.69) is 68.7 Å². The van der Waals surface area contributed by atoms with Gasteiger partial charge >= 0.3 is 0 Å². The first kappa shape index (κ1) is 14.3. The molecule has 1 aliphatic rings. The van der Waals surface area contributed by atoms with Crippen LogP contribution in [0.3, 0.4) is 0 Å². The van der Waals surface area contributed by atoms with E-state index < -0.39 is 0 Å². The molecule has 1 fully saturated rings. The lowest BCUT2D eigenvalue weighted by atomic mass is 10.1. The van der Waals surface area contributed by atoms with Crippen LogP contribution < -0.4 is 4.90 Å². The van der Waals surface area contributed by atoms with E-state index in [0.717, 1.165) is 38.4 Å². The van der Waals surface area contributed by atoms with E-state index in [-0.39, 0.29) is 0 Å². The molecule has 0 atom stereocenters. The molecule has 0 N–H and O–H groups in total. The van der Waals surface area contributed by atoms with Crippen LogP contribution in [0.4, 0.5) is 5.69 Å². The summed E-state index contributed by atoms with van der Waals surface area (Å²) in [6, 6.07) is 14.8. The molecule has 3 aromatic rings. The van der Waals surface area contributed by atoms with Gasteiger partial charge in [-0.05, 0) is 30.7 Å². The summed E-state index contributed by atoms with van der Waals surface area (Å²) in [5.74, 6) is 0. The first-order valence-electron chi connectivity index (χ1n) is 8.25. The Morgan fingerprint density at radius 3 is 2.57 bits per heavy atom. The van der Waals surface area contributed by atoms with Crippen molar-refractivity contribution in [1.29, 1.82) is 0 Å². The molecule has 4 heteroatoms. The van der Waals surface area contributed by atoms with Gasteiger partial charge in [-0.25, -0.2) is 4.98 Å². The highest BCUT2D eigenvalue weighted by atomic mass is 15.3. The molecule has 0 radical (unpaired) electrons. The normalized spacial score (nSPS) is 16.1. The number of pyridine rings is 1. The van der Waals surface area contributed by atoms with Gasteiger partial charge in [-0.3, -0.25) is 4.90 Å². The molecule has 1 aromatic carbocycles. The van der Waals surface area contributed by atoms with E-state index in [1.165, 1.54) is 16.9 Å². The monoisotopic (exact) mass is 306 g/mol. The van der Waals surface area contributed by atoms with Gasteiger partial charge in [0.2, 0.25) is 0 Å². The summed E-state index contributed by atoms with van der Waals surface area (Å²) in [6.07, 6.45) is 4.10. The quantitative estimate of drug-likeness (QED) is 0.743. The van der Waals surface area contributed by atoms with E-state index in [1.807, 2.05) is 12.3 Å². The average molecular weight is 306 g/mol. The van der Waals surface area contributed by atoms with Gasteiger partial charge in [0.05, 0.1) is 11.9 Å². The number of hydrogen-bond donors (Lipinski definition) is 0. The Balaban J connectivity index is 1.43. The summed E-state index contributed by atoms with van der Waals surface area (Å²) in [6.45, 7) is 7.51. The van der Waals surface area contributed by atoms with Crippen LogP contribution in [0.25, 0.3) is 5.65 Å². The van der Waals surface area contributed by atoms with Gasteiger partial charge in [0, 0.05) is 44.6 Å². The van der Waals surface area contributed by atoms with E-state index in [1.54, 1.807) is 0 Å². The fraction of sp³-hybridized carbons (Fsp3) is 0.316. The first-order valence-corrected chi connectivity index (χ1v) is 8.25. The lowest BCUT2D eigenvalue weighted by Crippen LogP contribution is -2.46. The molecule has 2 aromatic heterocycles. The largest absolute Gasteiger partial charge is 0.369 e. The molecule has 0 bridgehead atoms. The van der Waals surface area contributed by atoms with Crippen molar-refractivity contribution in [3.8, 4) is 0 Å². The molecule has 4 rings (SSSR count). The molecule has 118 valence electrons. The first-order chi connectivity index (χ1) is 11.3. The van der Waals surface area contributed by atoms with Crippen LogP contribution >= 0.6 is 0 Å². The number of aromatic nitrogens is 2. The van der Waals surface area contributed by atoms with Crippen LogP contribution in [0.2, 0.25) is 0 Å². The highest BCUT2D eigenvalue weighted by molar-refractivity contribution is 5.53. The Labute approximate surface area is 137 Å². The predicted molar refractivity (Wildman–Crippen MR) is 93.9 cm³/mol. The fourth-order valence-corrected chi connectivity index (χ4v) is 3.40. The van der Waals surface area contributed by atoms with E-state index >= 15 is 0 Å². The Bertz CT molecular complexity index is 800. The van der Waals surface area contributed by atoms with Crippen molar-refractivity contribution in [2.24, 2.45) is 0 Å². The van der Waals surface area contributed by atoms with Gasteiger partial charge in [0.1, 0.15) is 5.65 Å². The number of para-hydroxylation sites is 1. The zero-order valence-corrected chi connectivity index (χ0v) is 13.5. The minimum Gasteiger partial charge on any atom is -0.369 e. The Morgan fingerprint density at radius 2 is 1.74 bits per heavy atom. The highest BCUT2D eigenvalue weighted by Crippen LogP contribution is 2.21. The summed E-state index contributed by atoms with van der Waals surface area (Å²) in [5, 5.41) is 0. The third-order valence-corrected chi connectivity index (χ3v) is 4.71. The minimum absolute atomic E-state index is 0.965. The molecule has 0 unspecified atom stereocenters. The number of hydrogen-bond acceptors (Lipinski definition) is 3. The van der Waals surface area contributed by atoms with Gasteiger partial charge in [0.25, 0.3) is 0 Å². The number of fused-ring (bicyclic) bond motifs is 1. The number of nitrogens with zero attached hydrogens (tertiary/aromatic N) is 4. The van der Waals surface area contributed by atoms with Crippen LogP contribution in [0.15, 0.2) is 54.9 Å². The molecule has 4 nitrogen and oxygen atoms in total. The van der Waals surface area contributed by atoms with Gasteiger partial charge in [-0.15, -0.1) is 0 Å². The summed E-state index contributed by atoms with van der Waals surface area (Å²) in [4.78, 5) is 9.50. The Hall–Kier alpha value is -2.33. The van der Waals surface area contributed by atoms with Gasteiger partial charge < -0.3 is 9.30 Å². The maximum atomic E-state index is 4.48. The van der Waals surface area contributed by atoms with Crippen molar-refractivity contribution in [1.82, 2.24) is 14.3 Å². The molecule has 23 heavy (non-hydrogen) atoms. The smallest absolute Gasteiger partial charge is 0.136 e. The standard InChI is InChI=1S/C19H22N4/c1-16-6-2-3-7-18(16)22-12-10-21(11-13-22)15-17-14-20-19-8-4-5-9-23(17)19/h2-9,14H,10-13,15H2,1H3. The van der Waals surface area contributed by atoms with Crippen molar-refractivity contribution in [2.45, 2.75) is 13.5 Å². The average Bonchev–Trinajstić information content (AvgIpc) is 2.99. The van der Waals surface area contributed by atoms with Crippen molar-refractivity contribution in [3.63, 3.8) is 0 Å². The summed E-state index contributed by atoms with van der Waals surface area (Å²) < 4.78 is 2.19. The van der Waals surface area contributed by atoms with Crippen LogP contribution in [0, 0.1) is 6.92 Å². The summed E-state index contributed by atoms with van der Waals surface area (Å²) in [7, 11) is 0. The lowest BCUT2D eigenvalue weighted by Gasteiger charge is -2.36. The van der Waals surface area contributed by atoms with E-state index in [4.69, 9.17) is 0 Å². The number of anilines is 1. The maximum Gasteiger partial charge on any atom is 0.136 e. The second-order valence-electron chi connectivity index (χ2n) is 6.23. The number of rotatable bonds is 3. The molecule has 0 spiro atoms. The van der Waals surface area contributed by atoms with Crippen LogP contribution in [-0.4, -0.2) is 40.5 Å². The Kier molecular flexibility index (Phi) is 3.75. The van der Waals surface area contributed by atoms with Gasteiger partial charge in [-0.1, -0.05) is 24.3 Å². The SMILES string of the molecule is Cc1ccccc1N1CCN(Cc2cnc3ccccn23)CC1. The highest BCUT2D eigenvalue weighted by Gasteiger charge is 2.19. The molecule has 3 heterocycles. The summed E-state index contributed by atoms with van der Waals surface area (Å²) >= 11 is 0. The van der Waals surface area contributed by atoms with Gasteiger partial charge in [-0.2, -0.15) is 0 Å². The lowest BCUT2D eigenvalue weighted by molar-refractivity contribution is 0.246. The number of imidazole rings is 1. The molecule has 0 amide bonds. The third-order valence-electron chi connectivity index (χ3n) is 4.71.